The van der Waals surface area contributed by atoms with E-state index < -0.39 is 0 Å². The van der Waals surface area contributed by atoms with Crippen molar-refractivity contribution in [3.63, 3.8) is 0 Å². The van der Waals surface area contributed by atoms with E-state index in [1.165, 1.54) is 12.8 Å². The molecule has 0 bridgehead atoms. The van der Waals surface area contributed by atoms with Crippen molar-refractivity contribution < 1.29 is 14.4 Å². The summed E-state index contributed by atoms with van der Waals surface area (Å²) in [5.41, 5.74) is 2.38. The lowest BCUT2D eigenvalue weighted by Crippen LogP contribution is -2.48. The zero-order valence-corrected chi connectivity index (χ0v) is 16.2. The molecule has 2 fully saturated rings. The van der Waals surface area contributed by atoms with Crippen LogP contribution in [0.3, 0.4) is 0 Å². The van der Waals surface area contributed by atoms with Crippen molar-refractivity contribution in [2.45, 2.75) is 64.8 Å². The summed E-state index contributed by atoms with van der Waals surface area (Å²) in [6.45, 7) is 4.24. The predicted octanol–water partition coefficient (Wildman–Crippen LogP) is 3.46. The number of nitrogens with one attached hydrogen (secondary N) is 2. The molecule has 2 aliphatic rings. The Morgan fingerprint density at radius 1 is 1.15 bits per heavy atom. The van der Waals surface area contributed by atoms with Crippen molar-refractivity contribution >= 4 is 29.1 Å². The highest BCUT2D eigenvalue weighted by Crippen LogP contribution is 2.29. The fourth-order valence-corrected chi connectivity index (χ4v) is 4.02. The van der Waals surface area contributed by atoms with E-state index in [2.05, 4.69) is 10.6 Å². The van der Waals surface area contributed by atoms with Crippen molar-refractivity contribution in [2.24, 2.45) is 5.92 Å². The minimum atomic E-state index is -0.165. The van der Waals surface area contributed by atoms with Crippen LogP contribution >= 0.6 is 0 Å². The maximum absolute atomic E-state index is 12.8. The molecule has 1 saturated heterocycles. The van der Waals surface area contributed by atoms with Crippen LogP contribution in [0, 0.1) is 12.8 Å². The quantitative estimate of drug-likeness (QED) is 0.832. The molecule has 27 heavy (non-hydrogen) atoms. The minimum absolute atomic E-state index is 0.0288. The van der Waals surface area contributed by atoms with Gasteiger partial charge in [0.2, 0.25) is 17.7 Å². The molecular formula is C21H29N3O3. The van der Waals surface area contributed by atoms with Gasteiger partial charge in [-0.2, -0.15) is 0 Å². The Hall–Kier alpha value is -2.37. The van der Waals surface area contributed by atoms with Gasteiger partial charge < -0.3 is 15.5 Å². The Morgan fingerprint density at radius 3 is 2.56 bits per heavy atom. The molecular weight excluding hydrogens is 342 g/mol. The highest BCUT2D eigenvalue weighted by Gasteiger charge is 2.35. The number of carbonyl (C=O) groups excluding carboxylic acids is 3. The van der Waals surface area contributed by atoms with Crippen LogP contribution in [0.4, 0.5) is 11.4 Å². The molecule has 0 spiro atoms. The Balaban J connectivity index is 1.62. The molecule has 1 unspecified atom stereocenters. The molecule has 6 nitrogen and oxygen atoms in total. The molecule has 0 radical (unpaired) electrons. The van der Waals surface area contributed by atoms with Crippen LogP contribution in [0.2, 0.25) is 0 Å². The lowest BCUT2D eigenvalue weighted by atomic mass is 9.94. The minimum Gasteiger partial charge on any atom is -0.339 e. The first kappa shape index (κ1) is 19.4. The maximum Gasteiger partial charge on any atom is 0.229 e. The van der Waals surface area contributed by atoms with Gasteiger partial charge in [0, 0.05) is 36.8 Å². The molecule has 146 valence electrons. The van der Waals surface area contributed by atoms with E-state index in [1.807, 2.05) is 24.0 Å². The topological polar surface area (TPSA) is 78.5 Å². The Morgan fingerprint density at radius 2 is 1.89 bits per heavy atom. The molecule has 1 aliphatic heterocycles. The smallest absolute Gasteiger partial charge is 0.229 e. The zero-order chi connectivity index (χ0) is 19.4. The van der Waals surface area contributed by atoms with E-state index in [0.29, 0.717) is 31.8 Å². The number of likely N-dealkylation sites (tertiary alicyclic amines) is 1. The summed E-state index contributed by atoms with van der Waals surface area (Å²) in [5, 5.41) is 5.83. The largest absolute Gasteiger partial charge is 0.339 e. The number of aryl methyl sites for hydroxylation is 1. The zero-order valence-electron chi connectivity index (χ0n) is 16.2. The SMILES string of the molecule is CCC(=O)Nc1ccc(NC(=O)C2CCC(=O)N(C3CCCC3)C2)c(C)c1. The van der Waals surface area contributed by atoms with Gasteiger partial charge in [0.1, 0.15) is 0 Å². The second-order valence-electron chi connectivity index (χ2n) is 7.64. The van der Waals surface area contributed by atoms with Gasteiger partial charge in [-0.3, -0.25) is 14.4 Å². The van der Waals surface area contributed by atoms with Crippen molar-refractivity contribution in [1.82, 2.24) is 4.90 Å². The van der Waals surface area contributed by atoms with Gasteiger partial charge in [0.25, 0.3) is 0 Å². The van der Waals surface area contributed by atoms with Gasteiger partial charge in [-0.25, -0.2) is 0 Å². The predicted molar refractivity (Wildman–Crippen MR) is 105 cm³/mol. The lowest BCUT2D eigenvalue weighted by molar-refractivity contribution is -0.139. The molecule has 1 atom stereocenters. The maximum atomic E-state index is 12.8. The first-order valence-corrected chi connectivity index (χ1v) is 9.98. The summed E-state index contributed by atoms with van der Waals surface area (Å²) in [5.74, 6) is -0.0377. The van der Waals surface area contributed by atoms with Crippen LogP contribution in [0.1, 0.15) is 57.4 Å². The van der Waals surface area contributed by atoms with Crippen LogP contribution in [0.5, 0.6) is 0 Å². The van der Waals surface area contributed by atoms with E-state index >= 15 is 0 Å². The first-order chi connectivity index (χ1) is 13.0. The number of piperidine rings is 1. The van der Waals surface area contributed by atoms with Gasteiger partial charge in [-0.15, -0.1) is 0 Å². The summed E-state index contributed by atoms with van der Waals surface area (Å²) in [7, 11) is 0. The molecule has 6 heteroatoms. The third-order valence-electron chi connectivity index (χ3n) is 5.67. The van der Waals surface area contributed by atoms with Crippen molar-refractivity contribution in [2.75, 3.05) is 17.2 Å². The van der Waals surface area contributed by atoms with Crippen LogP contribution in [-0.4, -0.2) is 35.2 Å². The van der Waals surface area contributed by atoms with Gasteiger partial charge in [-0.05, 0) is 49.9 Å². The number of amides is 3. The van der Waals surface area contributed by atoms with Crippen LogP contribution in [-0.2, 0) is 14.4 Å². The average molecular weight is 371 g/mol. The molecule has 3 rings (SSSR count). The molecule has 1 heterocycles. The van der Waals surface area contributed by atoms with Crippen molar-refractivity contribution in [1.29, 1.82) is 0 Å². The molecule has 2 N–H and O–H groups in total. The number of rotatable bonds is 5. The van der Waals surface area contributed by atoms with Crippen molar-refractivity contribution in [3.8, 4) is 0 Å². The summed E-state index contributed by atoms with van der Waals surface area (Å²) in [6, 6.07) is 5.79. The van der Waals surface area contributed by atoms with E-state index in [-0.39, 0.29) is 23.6 Å². The second-order valence-corrected chi connectivity index (χ2v) is 7.64. The molecule has 3 amide bonds. The highest BCUT2D eigenvalue weighted by molar-refractivity contribution is 5.95. The van der Waals surface area contributed by atoms with E-state index in [4.69, 9.17) is 0 Å². The summed E-state index contributed by atoms with van der Waals surface area (Å²) < 4.78 is 0. The van der Waals surface area contributed by atoms with E-state index in [1.54, 1.807) is 13.0 Å². The van der Waals surface area contributed by atoms with E-state index in [0.717, 1.165) is 29.8 Å². The third-order valence-corrected chi connectivity index (χ3v) is 5.67. The van der Waals surface area contributed by atoms with Gasteiger partial charge in [0.15, 0.2) is 0 Å². The van der Waals surface area contributed by atoms with Crippen molar-refractivity contribution in [3.05, 3.63) is 23.8 Å². The molecule has 1 saturated carbocycles. The molecule has 1 aromatic carbocycles. The molecule has 1 aromatic rings. The standard InChI is InChI=1S/C21H29N3O3/c1-3-19(25)22-16-9-10-18(14(2)12-16)23-21(27)15-8-11-20(26)24(13-15)17-6-4-5-7-17/h9-10,12,15,17H,3-8,11,13H2,1-2H3,(H,22,25)(H,23,27). The fraction of sp³-hybridized carbons (Fsp3) is 0.571. The van der Waals surface area contributed by atoms with Crippen LogP contribution in [0.15, 0.2) is 18.2 Å². The monoisotopic (exact) mass is 371 g/mol. The first-order valence-electron chi connectivity index (χ1n) is 9.98. The lowest BCUT2D eigenvalue weighted by Gasteiger charge is -2.36. The number of nitrogens with zero attached hydrogens (tertiary/aromatic N) is 1. The Bertz CT molecular complexity index is 725. The summed E-state index contributed by atoms with van der Waals surface area (Å²) in [6.07, 6.45) is 5.95. The third kappa shape index (κ3) is 4.67. The van der Waals surface area contributed by atoms with Gasteiger partial charge in [0.05, 0.1) is 5.92 Å². The number of carbonyl (C=O) groups is 3. The van der Waals surface area contributed by atoms with Gasteiger partial charge in [-0.1, -0.05) is 19.8 Å². The van der Waals surface area contributed by atoms with Gasteiger partial charge >= 0.3 is 0 Å². The van der Waals surface area contributed by atoms with Crippen LogP contribution in [0.25, 0.3) is 0 Å². The number of benzene rings is 1. The average Bonchev–Trinajstić information content (AvgIpc) is 3.18. The summed E-state index contributed by atoms with van der Waals surface area (Å²) >= 11 is 0. The number of hydrogen-bond acceptors (Lipinski definition) is 3. The molecule has 0 aromatic heterocycles. The van der Waals surface area contributed by atoms with Crippen LogP contribution < -0.4 is 10.6 Å². The highest BCUT2D eigenvalue weighted by atomic mass is 16.2. The second kappa shape index (κ2) is 8.55. The normalized spacial score (nSPS) is 20.6. The fourth-order valence-electron chi connectivity index (χ4n) is 4.02. The molecule has 1 aliphatic carbocycles. The summed E-state index contributed by atoms with van der Waals surface area (Å²) in [4.78, 5) is 38.5. The van der Waals surface area contributed by atoms with E-state index in [9.17, 15) is 14.4 Å². The Kier molecular flexibility index (Phi) is 6.14. The Labute approximate surface area is 160 Å². The number of anilines is 2. The number of hydrogen-bond donors (Lipinski definition) is 2.